The molecule has 0 saturated heterocycles. The quantitative estimate of drug-likeness (QED) is 0.842. The van der Waals surface area contributed by atoms with E-state index in [0.717, 1.165) is 10.0 Å². The molecular weight excluding hydrogens is 331 g/mol. The summed E-state index contributed by atoms with van der Waals surface area (Å²) in [5.74, 6) is 0.474. The van der Waals surface area contributed by atoms with Crippen molar-refractivity contribution in [1.29, 1.82) is 0 Å². The molecule has 5 heteroatoms. The van der Waals surface area contributed by atoms with E-state index in [-0.39, 0.29) is 10.6 Å². The van der Waals surface area contributed by atoms with Gasteiger partial charge < -0.3 is 4.74 Å². The topological polar surface area (TPSA) is 26.3 Å². The molecule has 0 heterocycles. The first kappa shape index (κ1) is 14.2. The summed E-state index contributed by atoms with van der Waals surface area (Å²) in [4.78, 5) is 0.220. The van der Waals surface area contributed by atoms with E-state index in [1.54, 1.807) is 37.4 Å². The van der Waals surface area contributed by atoms with Gasteiger partial charge in [0.2, 0.25) is 0 Å². The lowest BCUT2D eigenvalue weighted by atomic mass is 10.2. The highest BCUT2D eigenvalue weighted by Crippen LogP contribution is 2.25. The highest BCUT2D eigenvalue weighted by molar-refractivity contribution is 9.10. The van der Waals surface area contributed by atoms with E-state index in [4.69, 9.17) is 4.74 Å². The number of benzene rings is 2. The molecule has 0 bridgehead atoms. The molecule has 0 aliphatic rings. The van der Waals surface area contributed by atoms with Crippen molar-refractivity contribution >= 4 is 26.7 Å². The van der Waals surface area contributed by atoms with Crippen molar-refractivity contribution in [2.45, 2.75) is 10.6 Å². The fourth-order valence-corrected chi connectivity index (χ4v) is 3.40. The largest absolute Gasteiger partial charge is 0.497 e. The van der Waals surface area contributed by atoms with E-state index in [1.165, 1.54) is 6.07 Å². The molecule has 2 nitrogen and oxygen atoms in total. The Morgan fingerprint density at radius 2 is 2.00 bits per heavy atom. The van der Waals surface area contributed by atoms with Gasteiger partial charge in [0.15, 0.2) is 0 Å². The number of methoxy groups -OCH3 is 1. The van der Waals surface area contributed by atoms with Crippen molar-refractivity contribution in [2.24, 2.45) is 0 Å². The standard InChI is InChI=1S/C14H12BrFO2S/c1-18-11-6-7-12(15)10(8-11)9-19(17)14-5-3-2-4-13(14)16/h2-8H,9H2,1H3. The molecule has 0 fully saturated rings. The second-order valence-electron chi connectivity index (χ2n) is 3.88. The van der Waals surface area contributed by atoms with E-state index >= 15 is 0 Å². The van der Waals surface area contributed by atoms with Crippen LogP contribution in [0.25, 0.3) is 0 Å². The van der Waals surface area contributed by atoms with Crippen LogP contribution in [0.15, 0.2) is 51.8 Å². The molecule has 0 saturated carbocycles. The van der Waals surface area contributed by atoms with Crippen molar-refractivity contribution in [3.05, 3.63) is 58.3 Å². The second kappa shape index (κ2) is 6.30. The summed E-state index contributed by atoms with van der Waals surface area (Å²) in [6.07, 6.45) is 0. The molecule has 100 valence electrons. The summed E-state index contributed by atoms with van der Waals surface area (Å²) < 4.78 is 31.7. The normalized spacial score (nSPS) is 12.2. The Kier molecular flexibility index (Phi) is 4.71. The van der Waals surface area contributed by atoms with Crippen LogP contribution in [0.2, 0.25) is 0 Å². The zero-order valence-corrected chi connectivity index (χ0v) is 12.6. The van der Waals surface area contributed by atoms with Gasteiger partial charge in [-0.15, -0.1) is 0 Å². The first-order chi connectivity index (χ1) is 9.11. The van der Waals surface area contributed by atoms with Crippen LogP contribution in [0, 0.1) is 5.82 Å². The maximum absolute atomic E-state index is 13.6. The Balaban J connectivity index is 2.26. The minimum atomic E-state index is -1.43. The van der Waals surface area contributed by atoms with Crippen molar-refractivity contribution in [3.8, 4) is 5.75 Å². The van der Waals surface area contributed by atoms with E-state index in [2.05, 4.69) is 15.9 Å². The number of ether oxygens (including phenoxy) is 1. The minimum absolute atomic E-state index is 0.220. The molecule has 0 aromatic heterocycles. The van der Waals surface area contributed by atoms with Crippen molar-refractivity contribution < 1.29 is 13.3 Å². The van der Waals surface area contributed by atoms with Crippen LogP contribution in [0.4, 0.5) is 4.39 Å². The van der Waals surface area contributed by atoms with Gasteiger partial charge in [-0.1, -0.05) is 28.1 Å². The lowest BCUT2D eigenvalue weighted by molar-refractivity contribution is 0.414. The summed E-state index contributed by atoms with van der Waals surface area (Å²) >= 11 is 3.40. The lowest BCUT2D eigenvalue weighted by Crippen LogP contribution is -2.00. The smallest absolute Gasteiger partial charge is 0.139 e. The fourth-order valence-electron chi connectivity index (χ4n) is 1.64. The minimum Gasteiger partial charge on any atom is -0.497 e. The SMILES string of the molecule is COc1ccc(Br)c(CS(=O)c2ccccc2F)c1. The van der Waals surface area contributed by atoms with Gasteiger partial charge in [-0.2, -0.15) is 0 Å². The fraction of sp³-hybridized carbons (Fsp3) is 0.143. The highest BCUT2D eigenvalue weighted by Gasteiger charge is 2.12. The number of halogens is 2. The Morgan fingerprint density at radius 1 is 1.26 bits per heavy atom. The van der Waals surface area contributed by atoms with Crippen molar-refractivity contribution in [1.82, 2.24) is 0 Å². The molecule has 1 atom stereocenters. The summed E-state index contributed by atoms with van der Waals surface area (Å²) in [5, 5.41) is 0. The zero-order valence-electron chi connectivity index (χ0n) is 10.2. The molecule has 0 aliphatic carbocycles. The average Bonchev–Trinajstić information content (AvgIpc) is 2.41. The highest BCUT2D eigenvalue weighted by atomic mass is 79.9. The van der Waals surface area contributed by atoms with Gasteiger partial charge in [0.25, 0.3) is 0 Å². The molecule has 2 aromatic carbocycles. The summed E-state index contributed by atoms with van der Waals surface area (Å²) in [6, 6.07) is 11.5. The average molecular weight is 343 g/mol. The van der Waals surface area contributed by atoms with Crippen LogP contribution in [-0.2, 0) is 16.6 Å². The maximum Gasteiger partial charge on any atom is 0.139 e. The monoisotopic (exact) mass is 342 g/mol. The Labute approximate surface area is 122 Å². The van der Waals surface area contributed by atoms with Gasteiger partial charge in [-0.25, -0.2) is 4.39 Å². The first-order valence-electron chi connectivity index (χ1n) is 5.57. The molecular formula is C14H12BrFO2S. The Morgan fingerprint density at radius 3 is 2.68 bits per heavy atom. The van der Waals surface area contributed by atoms with Gasteiger partial charge in [-0.05, 0) is 35.9 Å². The van der Waals surface area contributed by atoms with Crippen LogP contribution >= 0.6 is 15.9 Å². The van der Waals surface area contributed by atoms with Gasteiger partial charge in [0.1, 0.15) is 11.6 Å². The maximum atomic E-state index is 13.6. The third-order valence-electron chi connectivity index (χ3n) is 2.62. The second-order valence-corrected chi connectivity index (χ2v) is 6.15. The molecule has 0 amide bonds. The molecule has 0 N–H and O–H groups in total. The predicted octanol–water partition coefficient (Wildman–Crippen LogP) is 3.90. The molecule has 2 aromatic rings. The molecule has 19 heavy (non-hydrogen) atoms. The summed E-state index contributed by atoms with van der Waals surface area (Å²) in [6.45, 7) is 0. The molecule has 0 radical (unpaired) electrons. The summed E-state index contributed by atoms with van der Waals surface area (Å²) in [5.41, 5.74) is 0.820. The molecule has 2 rings (SSSR count). The number of hydrogen-bond acceptors (Lipinski definition) is 2. The van der Waals surface area contributed by atoms with Gasteiger partial charge in [-0.3, -0.25) is 4.21 Å². The van der Waals surface area contributed by atoms with Crippen molar-refractivity contribution in [2.75, 3.05) is 7.11 Å². The Hall–Kier alpha value is -1.20. The van der Waals surface area contributed by atoms with Crippen LogP contribution in [-0.4, -0.2) is 11.3 Å². The third kappa shape index (κ3) is 3.42. The van der Waals surface area contributed by atoms with Gasteiger partial charge in [0.05, 0.1) is 28.6 Å². The van der Waals surface area contributed by atoms with Crippen molar-refractivity contribution in [3.63, 3.8) is 0 Å². The van der Waals surface area contributed by atoms with Crippen LogP contribution in [0.1, 0.15) is 5.56 Å². The Bertz CT molecular complexity index is 616. The van der Waals surface area contributed by atoms with Gasteiger partial charge in [0, 0.05) is 4.47 Å². The first-order valence-corrected chi connectivity index (χ1v) is 7.68. The molecule has 0 aliphatic heterocycles. The van der Waals surface area contributed by atoms with E-state index in [0.29, 0.717) is 5.75 Å². The third-order valence-corrected chi connectivity index (χ3v) is 4.79. The van der Waals surface area contributed by atoms with E-state index < -0.39 is 16.6 Å². The van der Waals surface area contributed by atoms with Crippen LogP contribution in [0.5, 0.6) is 5.75 Å². The van der Waals surface area contributed by atoms with Crippen LogP contribution < -0.4 is 4.74 Å². The number of rotatable bonds is 4. The molecule has 0 spiro atoms. The zero-order chi connectivity index (χ0) is 13.8. The van der Waals surface area contributed by atoms with E-state index in [1.807, 2.05) is 6.07 Å². The van der Waals surface area contributed by atoms with E-state index in [9.17, 15) is 8.60 Å². The lowest BCUT2D eigenvalue weighted by Gasteiger charge is -2.08. The number of hydrogen-bond donors (Lipinski definition) is 0. The van der Waals surface area contributed by atoms with Gasteiger partial charge >= 0.3 is 0 Å². The van der Waals surface area contributed by atoms with Crippen LogP contribution in [0.3, 0.4) is 0 Å². The molecule has 1 unspecified atom stereocenters. The predicted molar refractivity (Wildman–Crippen MR) is 77.2 cm³/mol. The summed E-state index contributed by atoms with van der Waals surface area (Å²) in [7, 11) is 0.143.